The number of halogens is 3. The Morgan fingerprint density at radius 3 is 2.52 bits per heavy atom. The molecule has 9 heteroatoms. The lowest BCUT2D eigenvalue weighted by atomic mass is 10.1. The molecule has 122 valence electrons. The van der Waals surface area contributed by atoms with Crippen LogP contribution in [0.1, 0.15) is 15.9 Å². The molecule has 0 bridgehead atoms. The highest BCUT2D eigenvalue weighted by Crippen LogP contribution is 2.36. The third-order valence-electron chi connectivity index (χ3n) is 3.09. The summed E-state index contributed by atoms with van der Waals surface area (Å²) in [5.74, 6) is -0.981. The molecule has 6 nitrogen and oxygen atoms in total. The lowest BCUT2D eigenvalue weighted by Gasteiger charge is -2.17. The van der Waals surface area contributed by atoms with Crippen LogP contribution < -0.4 is 11.0 Å². The van der Waals surface area contributed by atoms with E-state index in [0.29, 0.717) is 6.07 Å². The van der Waals surface area contributed by atoms with Gasteiger partial charge < -0.3 is 15.4 Å². The van der Waals surface area contributed by atoms with Gasteiger partial charge in [0.2, 0.25) is 0 Å². The number of aromatic nitrogens is 1. The number of esters is 1. The first-order valence-corrected chi connectivity index (χ1v) is 6.26. The maximum atomic E-state index is 13.2. The molecule has 2 aromatic rings. The predicted octanol–water partition coefficient (Wildman–Crippen LogP) is 1.34. The van der Waals surface area contributed by atoms with Crippen LogP contribution in [0.25, 0.3) is 5.69 Å². The van der Waals surface area contributed by atoms with E-state index in [1.54, 1.807) is 0 Å². The fraction of sp³-hybridized carbons (Fsp3) is 0.143. The van der Waals surface area contributed by atoms with Crippen molar-refractivity contribution in [2.75, 3.05) is 7.11 Å². The van der Waals surface area contributed by atoms with E-state index in [-0.39, 0.29) is 11.0 Å². The molecule has 2 N–H and O–H groups in total. The van der Waals surface area contributed by atoms with Crippen molar-refractivity contribution in [3.8, 4) is 5.69 Å². The molecule has 0 radical (unpaired) electrons. The lowest BCUT2D eigenvalue weighted by Crippen LogP contribution is -2.70. The molecule has 1 aromatic heterocycles. The summed E-state index contributed by atoms with van der Waals surface area (Å²) in [6, 6.07) is 5.15. The number of carbonyl (C=O) groups is 1. The number of nitrogens with two attached hydrogens (primary N) is 1. The van der Waals surface area contributed by atoms with Crippen LogP contribution in [0, 0.1) is 5.21 Å². The zero-order valence-electron chi connectivity index (χ0n) is 11.8. The Hall–Kier alpha value is -2.65. The summed E-state index contributed by atoms with van der Waals surface area (Å²) in [7, 11) is 1.03. The smallest absolute Gasteiger partial charge is 0.418 e. The SMILES string of the molecule is COC(=O)c1cc(-n2ccccc2=O)c(C(F)(F)F)cc1[NH2+][O-]. The quantitative estimate of drug-likeness (QED) is 0.523. The lowest BCUT2D eigenvalue weighted by molar-refractivity contribution is -0.497. The number of ether oxygens (including phenoxy) is 1. The zero-order chi connectivity index (χ0) is 17.2. The maximum Gasteiger partial charge on any atom is 0.418 e. The van der Waals surface area contributed by atoms with Crippen LogP contribution in [0.2, 0.25) is 0 Å². The van der Waals surface area contributed by atoms with E-state index in [1.165, 1.54) is 12.1 Å². The van der Waals surface area contributed by atoms with E-state index in [1.807, 2.05) is 0 Å². The van der Waals surface area contributed by atoms with Crippen LogP contribution in [0.3, 0.4) is 0 Å². The molecule has 0 saturated carbocycles. The standard InChI is InChI=1S/C14H11F3N2O4/c1-23-13(21)8-6-11(19-5-3-2-4-12(19)20)9(14(15,16)17)7-10(8)18-22/h2-7H,18H2,1H3. The van der Waals surface area contributed by atoms with Crippen LogP contribution in [0.5, 0.6) is 0 Å². The van der Waals surface area contributed by atoms with E-state index < -0.39 is 34.6 Å². The molecule has 0 amide bonds. The molecule has 0 atom stereocenters. The summed E-state index contributed by atoms with van der Waals surface area (Å²) in [5.41, 5.74) is -3.19. The highest BCUT2D eigenvalue weighted by molar-refractivity contribution is 5.94. The molecular weight excluding hydrogens is 317 g/mol. The van der Waals surface area contributed by atoms with Crippen molar-refractivity contribution in [3.63, 3.8) is 0 Å². The van der Waals surface area contributed by atoms with Gasteiger partial charge in [-0.05, 0) is 12.1 Å². The number of benzene rings is 1. The van der Waals surface area contributed by atoms with Gasteiger partial charge in [-0.3, -0.25) is 9.36 Å². The van der Waals surface area contributed by atoms with E-state index in [2.05, 4.69) is 4.74 Å². The minimum absolute atomic E-state index is 0.124. The fourth-order valence-corrected chi connectivity index (χ4v) is 2.04. The van der Waals surface area contributed by atoms with Gasteiger partial charge in [-0.2, -0.15) is 13.2 Å². The van der Waals surface area contributed by atoms with Crippen molar-refractivity contribution >= 4 is 11.7 Å². The van der Waals surface area contributed by atoms with Crippen LogP contribution >= 0.6 is 0 Å². The van der Waals surface area contributed by atoms with Crippen molar-refractivity contribution in [2.24, 2.45) is 0 Å². The third-order valence-corrected chi connectivity index (χ3v) is 3.09. The number of nitrogens with zero attached hydrogens (tertiary/aromatic N) is 1. The van der Waals surface area contributed by atoms with Crippen molar-refractivity contribution < 1.29 is 28.2 Å². The molecule has 0 aliphatic carbocycles. The summed E-state index contributed by atoms with van der Waals surface area (Å²) >= 11 is 0. The molecule has 0 aliphatic heterocycles. The van der Waals surface area contributed by atoms with Crippen LogP contribution in [0.15, 0.2) is 41.3 Å². The topological polar surface area (TPSA) is 88.0 Å². The maximum absolute atomic E-state index is 13.2. The minimum atomic E-state index is -4.82. The van der Waals surface area contributed by atoms with E-state index >= 15 is 0 Å². The van der Waals surface area contributed by atoms with Gasteiger partial charge in [-0.15, -0.1) is 0 Å². The number of quaternary nitrogens is 1. The summed E-state index contributed by atoms with van der Waals surface area (Å²) in [5, 5.41) is 11.0. The summed E-state index contributed by atoms with van der Waals surface area (Å²) in [6.07, 6.45) is -3.69. The number of hydrogen-bond donors (Lipinski definition) is 1. The van der Waals surface area contributed by atoms with Crippen molar-refractivity contribution in [1.82, 2.24) is 4.57 Å². The average Bonchev–Trinajstić information content (AvgIpc) is 2.52. The monoisotopic (exact) mass is 328 g/mol. The first-order chi connectivity index (χ1) is 10.8. The minimum Gasteiger partial charge on any atom is -0.630 e. The van der Waals surface area contributed by atoms with E-state index in [0.717, 1.165) is 30.0 Å². The van der Waals surface area contributed by atoms with Gasteiger partial charge in [0.05, 0.1) is 18.4 Å². The largest absolute Gasteiger partial charge is 0.630 e. The predicted molar refractivity (Wildman–Crippen MR) is 73.3 cm³/mol. The molecule has 0 spiro atoms. The van der Waals surface area contributed by atoms with Gasteiger partial charge in [0.1, 0.15) is 11.3 Å². The van der Waals surface area contributed by atoms with E-state index in [9.17, 15) is 28.0 Å². The third kappa shape index (κ3) is 3.25. The highest BCUT2D eigenvalue weighted by atomic mass is 19.4. The number of alkyl halides is 3. The fourth-order valence-electron chi connectivity index (χ4n) is 2.04. The number of methoxy groups -OCH3 is 1. The Labute approximate surface area is 127 Å². The molecular formula is C14H11F3N2O4. The second-order valence-corrected chi connectivity index (χ2v) is 4.47. The van der Waals surface area contributed by atoms with Gasteiger partial charge >= 0.3 is 12.1 Å². The van der Waals surface area contributed by atoms with Gasteiger partial charge in [0, 0.05) is 18.3 Å². The first kappa shape index (κ1) is 16.7. The summed E-state index contributed by atoms with van der Waals surface area (Å²) < 4.78 is 44.9. The van der Waals surface area contributed by atoms with E-state index in [4.69, 9.17) is 0 Å². The van der Waals surface area contributed by atoms with Gasteiger partial charge in [-0.25, -0.2) is 4.79 Å². The highest BCUT2D eigenvalue weighted by Gasteiger charge is 2.36. The normalized spacial score (nSPS) is 11.3. The van der Waals surface area contributed by atoms with Crippen LogP contribution in [-0.4, -0.2) is 17.6 Å². The van der Waals surface area contributed by atoms with Crippen molar-refractivity contribution in [3.05, 3.63) is 63.2 Å². The van der Waals surface area contributed by atoms with Crippen molar-refractivity contribution in [2.45, 2.75) is 6.18 Å². The first-order valence-electron chi connectivity index (χ1n) is 6.26. The van der Waals surface area contributed by atoms with Gasteiger partial charge in [0.25, 0.3) is 5.56 Å². The Morgan fingerprint density at radius 1 is 1.30 bits per heavy atom. The summed E-state index contributed by atoms with van der Waals surface area (Å²) in [6.45, 7) is 0. The number of rotatable bonds is 3. The molecule has 0 saturated heterocycles. The molecule has 23 heavy (non-hydrogen) atoms. The second-order valence-electron chi connectivity index (χ2n) is 4.47. The number of carbonyl (C=O) groups excluding carboxylic acids is 1. The molecule has 1 aromatic carbocycles. The second kappa shape index (κ2) is 6.23. The molecule has 0 fully saturated rings. The Kier molecular flexibility index (Phi) is 4.52. The Bertz CT molecular complexity index is 799. The Morgan fingerprint density at radius 2 is 2.00 bits per heavy atom. The van der Waals surface area contributed by atoms with Crippen molar-refractivity contribution in [1.29, 1.82) is 0 Å². The zero-order valence-corrected chi connectivity index (χ0v) is 11.8. The number of hydrogen-bond acceptors (Lipinski definition) is 4. The molecule has 2 rings (SSSR count). The molecule has 1 heterocycles. The van der Waals surface area contributed by atoms with Gasteiger partial charge in [0.15, 0.2) is 0 Å². The van der Waals surface area contributed by atoms with Crippen LogP contribution in [0.4, 0.5) is 18.9 Å². The van der Waals surface area contributed by atoms with Gasteiger partial charge in [-0.1, -0.05) is 6.07 Å². The molecule has 0 aliphatic rings. The molecule has 0 unspecified atom stereocenters. The Balaban J connectivity index is 2.85. The van der Waals surface area contributed by atoms with Crippen LogP contribution in [-0.2, 0) is 10.9 Å². The summed E-state index contributed by atoms with van der Waals surface area (Å²) in [4.78, 5) is 23.5. The average molecular weight is 328 g/mol. The number of pyridine rings is 1.